The summed E-state index contributed by atoms with van der Waals surface area (Å²) in [6, 6.07) is 0. The summed E-state index contributed by atoms with van der Waals surface area (Å²) in [6.45, 7) is 4.06. The van der Waals surface area contributed by atoms with Crippen molar-refractivity contribution in [2.45, 2.75) is 90.6 Å². The summed E-state index contributed by atoms with van der Waals surface area (Å²) >= 11 is 0. The maximum atomic E-state index is 11.4. The molecule has 4 heteroatoms. The highest BCUT2D eigenvalue weighted by atomic mass is 16.5. The molecule has 0 aromatic rings. The molecule has 0 unspecified atom stereocenters. The van der Waals surface area contributed by atoms with Crippen LogP contribution in [0, 0.1) is 5.92 Å². The second-order valence-corrected chi connectivity index (χ2v) is 6.43. The van der Waals surface area contributed by atoms with Gasteiger partial charge in [0.1, 0.15) is 12.7 Å². The molecule has 0 heterocycles. The molecule has 0 aromatic heterocycles. The van der Waals surface area contributed by atoms with Gasteiger partial charge in [-0.05, 0) is 12.3 Å². The minimum absolute atomic E-state index is 0.107. The van der Waals surface area contributed by atoms with Crippen LogP contribution in [-0.4, -0.2) is 35.5 Å². The summed E-state index contributed by atoms with van der Waals surface area (Å²) in [5.74, 6) is 0.453. The zero-order valence-electron chi connectivity index (χ0n) is 14.6. The predicted octanol–water partition coefficient (Wildman–Crippen LogP) is 3.83. The van der Waals surface area contributed by atoms with Gasteiger partial charge in [-0.1, -0.05) is 71.6 Å². The number of hydrogen-bond donors (Lipinski definition) is 2. The van der Waals surface area contributed by atoms with Crippen molar-refractivity contribution in [2.75, 3.05) is 13.2 Å². The number of esters is 1. The molecule has 0 saturated heterocycles. The Hall–Kier alpha value is -0.610. The lowest BCUT2D eigenvalue weighted by molar-refractivity contribution is -0.147. The second-order valence-electron chi connectivity index (χ2n) is 6.43. The number of hydrogen-bond acceptors (Lipinski definition) is 4. The second kappa shape index (κ2) is 15.3. The summed E-state index contributed by atoms with van der Waals surface area (Å²) in [5, 5.41) is 17.7. The number of carbonyl (C=O) groups is 1. The Balaban J connectivity index is 3.37. The third kappa shape index (κ3) is 14.3. The van der Waals surface area contributed by atoms with Gasteiger partial charge in [0.15, 0.2) is 0 Å². The number of carbonyl (C=O) groups excluding carboxylic acids is 1. The first-order valence-electron chi connectivity index (χ1n) is 9.04. The van der Waals surface area contributed by atoms with Gasteiger partial charge in [0.2, 0.25) is 0 Å². The van der Waals surface area contributed by atoms with Gasteiger partial charge < -0.3 is 14.9 Å². The van der Waals surface area contributed by atoms with Crippen molar-refractivity contribution >= 4 is 5.97 Å². The SMILES string of the molecule is CCCCCCCC[C@@H](C)CCCCC(=O)OC[C@@H](O)CO. The first-order valence-corrected chi connectivity index (χ1v) is 9.04. The summed E-state index contributed by atoms with van der Waals surface area (Å²) < 4.78 is 4.86. The normalized spacial score (nSPS) is 13.8. The van der Waals surface area contributed by atoms with Gasteiger partial charge in [-0.2, -0.15) is 0 Å². The van der Waals surface area contributed by atoms with Crippen LogP contribution in [0.3, 0.4) is 0 Å². The molecule has 132 valence electrons. The Labute approximate surface area is 136 Å². The molecule has 2 N–H and O–H groups in total. The van der Waals surface area contributed by atoms with E-state index in [4.69, 9.17) is 14.9 Å². The van der Waals surface area contributed by atoms with Crippen LogP contribution in [-0.2, 0) is 9.53 Å². The first-order chi connectivity index (χ1) is 10.6. The average Bonchev–Trinajstić information content (AvgIpc) is 2.52. The van der Waals surface area contributed by atoms with Crippen molar-refractivity contribution in [2.24, 2.45) is 5.92 Å². The first kappa shape index (κ1) is 21.4. The number of rotatable bonds is 15. The molecule has 0 spiro atoms. The number of aliphatic hydroxyl groups excluding tert-OH is 2. The van der Waals surface area contributed by atoms with Crippen LogP contribution in [0.5, 0.6) is 0 Å². The van der Waals surface area contributed by atoms with Crippen molar-refractivity contribution in [3.05, 3.63) is 0 Å². The van der Waals surface area contributed by atoms with E-state index in [-0.39, 0.29) is 19.2 Å². The highest BCUT2D eigenvalue weighted by Gasteiger charge is 2.08. The van der Waals surface area contributed by atoms with Gasteiger partial charge in [0.25, 0.3) is 0 Å². The van der Waals surface area contributed by atoms with Crippen LogP contribution in [0.4, 0.5) is 0 Å². The van der Waals surface area contributed by atoms with Crippen LogP contribution >= 0.6 is 0 Å². The molecule has 0 bridgehead atoms. The fourth-order valence-electron chi connectivity index (χ4n) is 2.49. The van der Waals surface area contributed by atoms with Crippen molar-refractivity contribution in [1.82, 2.24) is 0 Å². The van der Waals surface area contributed by atoms with Gasteiger partial charge in [0.05, 0.1) is 6.61 Å². The van der Waals surface area contributed by atoms with E-state index in [1.54, 1.807) is 0 Å². The van der Waals surface area contributed by atoms with E-state index in [1.807, 2.05) is 0 Å². The van der Waals surface area contributed by atoms with Crippen LogP contribution in [0.1, 0.15) is 84.5 Å². The zero-order chi connectivity index (χ0) is 16.6. The van der Waals surface area contributed by atoms with Crippen molar-refractivity contribution in [1.29, 1.82) is 0 Å². The number of aliphatic hydroxyl groups is 2. The summed E-state index contributed by atoms with van der Waals surface area (Å²) in [6.07, 6.45) is 11.9. The molecule has 0 saturated carbocycles. The smallest absolute Gasteiger partial charge is 0.305 e. The maximum absolute atomic E-state index is 11.4. The molecule has 0 rings (SSSR count). The fraction of sp³-hybridized carbons (Fsp3) is 0.944. The quantitative estimate of drug-likeness (QED) is 0.356. The molecular formula is C18H36O4. The van der Waals surface area contributed by atoms with Crippen LogP contribution < -0.4 is 0 Å². The van der Waals surface area contributed by atoms with Crippen molar-refractivity contribution in [3.8, 4) is 0 Å². The molecule has 0 amide bonds. The van der Waals surface area contributed by atoms with E-state index in [1.165, 1.54) is 51.4 Å². The molecule has 0 aliphatic carbocycles. The third-order valence-electron chi connectivity index (χ3n) is 4.03. The van der Waals surface area contributed by atoms with Gasteiger partial charge in [0, 0.05) is 6.42 Å². The Bertz CT molecular complexity index is 255. The monoisotopic (exact) mass is 316 g/mol. The van der Waals surface area contributed by atoms with E-state index in [2.05, 4.69) is 13.8 Å². The predicted molar refractivity (Wildman–Crippen MR) is 89.7 cm³/mol. The van der Waals surface area contributed by atoms with Gasteiger partial charge in [-0.3, -0.25) is 4.79 Å². The lowest BCUT2D eigenvalue weighted by Crippen LogP contribution is -2.21. The number of unbranched alkanes of at least 4 members (excludes halogenated alkanes) is 6. The van der Waals surface area contributed by atoms with E-state index >= 15 is 0 Å². The minimum atomic E-state index is -0.957. The van der Waals surface area contributed by atoms with Crippen LogP contribution in [0.2, 0.25) is 0 Å². The topological polar surface area (TPSA) is 66.8 Å². The molecule has 4 nitrogen and oxygen atoms in total. The molecule has 22 heavy (non-hydrogen) atoms. The highest BCUT2D eigenvalue weighted by molar-refractivity contribution is 5.69. The Morgan fingerprint density at radius 1 is 1.00 bits per heavy atom. The Morgan fingerprint density at radius 2 is 1.59 bits per heavy atom. The highest BCUT2D eigenvalue weighted by Crippen LogP contribution is 2.17. The average molecular weight is 316 g/mol. The summed E-state index contributed by atoms with van der Waals surface area (Å²) in [4.78, 5) is 11.4. The molecule has 0 aliphatic heterocycles. The van der Waals surface area contributed by atoms with Crippen LogP contribution in [0.25, 0.3) is 0 Å². The van der Waals surface area contributed by atoms with E-state index in [0.717, 1.165) is 18.8 Å². The van der Waals surface area contributed by atoms with E-state index < -0.39 is 6.10 Å². The number of ether oxygens (including phenoxy) is 1. The molecular weight excluding hydrogens is 280 g/mol. The molecule has 0 aliphatic rings. The maximum Gasteiger partial charge on any atom is 0.305 e. The van der Waals surface area contributed by atoms with E-state index in [9.17, 15) is 4.79 Å². The molecule has 0 fully saturated rings. The molecule has 0 radical (unpaired) electrons. The summed E-state index contributed by atoms with van der Waals surface area (Å²) in [7, 11) is 0. The van der Waals surface area contributed by atoms with Gasteiger partial charge in [-0.25, -0.2) is 0 Å². The summed E-state index contributed by atoms with van der Waals surface area (Å²) in [5.41, 5.74) is 0. The van der Waals surface area contributed by atoms with Gasteiger partial charge >= 0.3 is 5.97 Å². The van der Waals surface area contributed by atoms with Crippen molar-refractivity contribution in [3.63, 3.8) is 0 Å². The fourth-order valence-corrected chi connectivity index (χ4v) is 2.49. The Kier molecular flexibility index (Phi) is 14.9. The molecule has 2 atom stereocenters. The van der Waals surface area contributed by atoms with Crippen LogP contribution in [0.15, 0.2) is 0 Å². The third-order valence-corrected chi connectivity index (χ3v) is 4.03. The lowest BCUT2D eigenvalue weighted by atomic mass is 9.96. The largest absolute Gasteiger partial charge is 0.463 e. The lowest BCUT2D eigenvalue weighted by Gasteiger charge is -2.11. The zero-order valence-corrected chi connectivity index (χ0v) is 14.6. The molecule has 0 aromatic carbocycles. The van der Waals surface area contributed by atoms with Gasteiger partial charge in [-0.15, -0.1) is 0 Å². The van der Waals surface area contributed by atoms with Crippen molar-refractivity contribution < 1.29 is 19.7 Å². The van der Waals surface area contributed by atoms with E-state index in [0.29, 0.717) is 6.42 Å². The minimum Gasteiger partial charge on any atom is -0.463 e. The standard InChI is InChI=1S/C18H36O4/c1-3-4-5-6-7-8-11-16(2)12-9-10-13-18(21)22-15-17(20)14-19/h16-17,19-20H,3-15H2,1-2H3/t16-,17+/m1/s1. The Morgan fingerprint density at radius 3 is 2.23 bits per heavy atom.